The van der Waals surface area contributed by atoms with Crippen molar-refractivity contribution in [2.24, 2.45) is 0 Å². The van der Waals surface area contributed by atoms with Crippen LogP contribution in [-0.4, -0.2) is 11.7 Å². The van der Waals surface area contributed by atoms with E-state index < -0.39 is 0 Å². The van der Waals surface area contributed by atoms with Crippen molar-refractivity contribution in [2.45, 2.75) is 24.7 Å². The first-order valence-electron chi connectivity index (χ1n) is 4.99. The summed E-state index contributed by atoms with van der Waals surface area (Å²) in [6.07, 6.45) is 8.76. The number of benzene rings is 1. The standard InChI is InChI=1S/C13H14O/c1-2-11-6-3-4-7-12(11)13(10-14)8-5-9-13/h1,3-4,6-7,14H,5,8-10H2. The van der Waals surface area contributed by atoms with Crippen LogP contribution >= 0.6 is 0 Å². The zero-order chi connectivity index (χ0) is 10.0. The zero-order valence-corrected chi connectivity index (χ0v) is 8.16. The minimum absolute atomic E-state index is 0.0387. The average molecular weight is 186 g/mol. The second-order valence-corrected chi connectivity index (χ2v) is 3.98. The van der Waals surface area contributed by atoms with Gasteiger partial charge in [-0.25, -0.2) is 0 Å². The van der Waals surface area contributed by atoms with Gasteiger partial charge in [-0.2, -0.15) is 0 Å². The van der Waals surface area contributed by atoms with Gasteiger partial charge >= 0.3 is 0 Å². The molecule has 0 amide bonds. The predicted molar refractivity (Wildman–Crippen MR) is 57.0 cm³/mol. The minimum atomic E-state index is -0.0387. The van der Waals surface area contributed by atoms with Gasteiger partial charge in [0.05, 0.1) is 6.61 Å². The zero-order valence-electron chi connectivity index (χ0n) is 8.16. The van der Waals surface area contributed by atoms with E-state index in [0.717, 1.165) is 24.0 Å². The van der Waals surface area contributed by atoms with Gasteiger partial charge in [-0.05, 0) is 24.5 Å². The first-order chi connectivity index (χ1) is 6.82. The summed E-state index contributed by atoms with van der Waals surface area (Å²) in [5.41, 5.74) is 2.04. The molecule has 0 radical (unpaired) electrons. The minimum Gasteiger partial charge on any atom is -0.395 e. The molecule has 1 N–H and O–H groups in total. The van der Waals surface area contributed by atoms with Gasteiger partial charge in [0.15, 0.2) is 0 Å². The molecule has 1 saturated carbocycles. The Labute approximate surface area is 84.8 Å². The summed E-state index contributed by atoms with van der Waals surface area (Å²) >= 11 is 0. The fourth-order valence-electron chi connectivity index (χ4n) is 2.19. The third-order valence-corrected chi connectivity index (χ3v) is 3.27. The third-order valence-electron chi connectivity index (χ3n) is 3.27. The van der Waals surface area contributed by atoms with Gasteiger partial charge in [0, 0.05) is 11.0 Å². The van der Waals surface area contributed by atoms with Crippen LogP contribution in [0.2, 0.25) is 0 Å². The number of hydrogen-bond donors (Lipinski definition) is 1. The number of rotatable bonds is 2. The van der Waals surface area contributed by atoms with Crippen LogP contribution in [0.1, 0.15) is 30.4 Å². The molecular weight excluding hydrogens is 172 g/mol. The number of hydrogen-bond acceptors (Lipinski definition) is 1. The second-order valence-electron chi connectivity index (χ2n) is 3.98. The Morgan fingerprint density at radius 1 is 1.36 bits per heavy atom. The highest BCUT2D eigenvalue weighted by atomic mass is 16.3. The monoisotopic (exact) mass is 186 g/mol. The molecule has 1 heteroatoms. The van der Waals surface area contributed by atoms with Crippen molar-refractivity contribution < 1.29 is 5.11 Å². The summed E-state index contributed by atoms with van der Waals surface area (Å²) in [6, 6.07) is 7.93. The van der Waals surface area contributed by atoms with Crippen molar-refractivity contribution in [3.8, 4) is 12.3 Å². The molecule has 0 unspecified atom stereocenters. The van der Waals surface area contributed by atoms with E-state index >= 15 is 0 Å². The van der Waals surface area contributed by atoms with Crippen LogP contribution in [0, 0.1) is 12.3 Å². The molecule has 0 aromatic heterocycles. The fourth-order valence-corrected chi connectivity index (χ4v) is 2.19. The van der Waals surface area contributed by atoms with Crippen molar-refractivity contribution in [3.05, 3.63) is 35.4 Å². The molecule has 0 spiro atoms. The van der Waals surface area contributed by atoms with Gasteiger partial charge in [-0.15, -0.1) is 6.42 Å². The van der Waals surface area contributed by atoms with Gasteiger partial charge in [0.2, 0.25) is 0 Å². The summed E-state index contributed by atoms with van der Waals surface area (Å²) in [5.74, 6) is 2.69. The normalized spacial score (nSPS) is 18.3. The fraction of sp³-hybridized carbons (Fsp3) is 0.385. The van der Waals surface area contributed by atoms with E-state index in [4.69, 9.17) is 6.42 Å². The molecule has 0 atom stereocenters. The van der Waals surface area contributed by atoms with Crippen LogP contribution in [0.15, 0.2) is 24.3 Å². The lowest BCUT2D eigenvalue weighted by molar-refractivity contribution is 0.120. The molecular formula is C13H14O. The van der Waals surface area contributed by atoms with Crippen molar-refractivity contribution >= 4 is 0 Å². The van der Waals surface area contributed by atoms with Crippen LogP contribution in [0.4, 0.5) is 0 Å². The maximum absolute atomic E-state index is 9.44. The van der Waals surface area contributed by atoms with E-state index in [1.165, 1.54) is 6.42 Å². The Hall–Kier alpha value is -1.26. The molecule has 2 rings (SSSR count). The van der Waals surface area contributed by atoms with Gasteiger partial charge < -0.3 is 5.11 Å². The van der Waals surface area contributed by atoms with E-state index in [1.54, 1.807) is 0 Å². The maximum Gasteiger partial charge on any atom is 0.0528 e. The van der Waals surface area contributed by atoms with Gasteiger partial charge in [0.25, 0.3) is 0 Å². The summed E-state index contributed by atoms with van der Waals surface area (Å²) in [4.78, 5) is 0. The van der Waals surface area contributed by atoms with Crippen molar-refractivity contribution in [2.75, 3.05) is 6.61 Å². The third kappa shape index (κ3) is 1.23. The molecule has 1 aromatic rings. The topological polar surface area (TPSA) is 20.2 Å². The number of aliphatic hydroxyl groups excluding tert-OH is 1. The van der Waals surface area contributed by atoms with Crippen LogP contribution in [-0.2, 0) is 5.41 Å². The van der Waals surface area contributed by atoms with Crippen LogP contribution in [0.3, 0.4) is 0 Å². The van der Waals surface area contributed by atoms with E-state index in [9.17, 15) is 5.11 Å². The molecule has 1 nitrogen and oxygen atoms in total. The Morgan fingerprint density at radius 3 is 2.57 bits per heavy atom. The molecule has 1 aromatic carbocycles. The molecule has 14 heavy (non-hydrogen) atoms. The Morgan fingerprint density at radius 2 is 2.07 bits per heavy atom. The molecule has 1 aliphatic carbocycles. The Balaban J connectivity index is 2.45. The molecule has 72 valence electrons. The molecule has 0 bridgehead atoms. The molecule has 1 fully saturated rings. The summed E-state index contributed by atoms with van der Waals surface area (Å²) in [6.45, 7) is 0.214. The highest BCUT2D eigenvalue weighted by molar-refractivity contribution is 5.45. The summed E-state index contributed by atoms with van der Waals surface area (Å²) in [5, 5.41) is 9.44. The van der Waals surface area contributed by atoms with Crippen molar-refractivity contribution in [1.82, 2.24) is 0 Å². The highest BCUT2D eigenvalue weighted by Crippen LogP contribution is 2.44. The van der Waals surface area contributed by atoms with E-state index in [0.29, 0.717) is 0 Å². The Kier molecular flexibility index (Phi) is 2.31. The van der Waals surface area contributed by atoms with E-state index in [-0.39, 0.29) is 12.0 Å². The summed E-state index contributed by atoms with van der Waals surface area (Å²) < 4.78 is 0. The van der Waals surface area contributed by atoms with Crippen LogP contribution < -0.4 is 0 Å². The Bertz CT molecular complexity index is 364. The molecule has 0 heterocycles. The molecule has 0 aliphatic heterocycles. The second kappa shape index (κ2) is 3.48. The highest BCUT2D eigenvalue weighted by Gasteiger charge is 2.39. The van der Waals surface area contributed by atoms with Gasteiger partial charge in [-0.1, -0.05) is 30.5 Å². The van der Waals surface area contributed by atoms with E-state index in [2.05, 4.69) is 5.92 Å². The lowest BCUT2D eigenvalue weighted by Gasteiger charge is -2.41. The quantitative estimate of drug-likeness (QED) is 0.701. The first-order valence-corrected chi connectivity index (χ1v) is 4.99. The summed E-state index contributed by atoms with van der Waals surface area (Å²) in [7, 11) is 0. The molecule has 1 aliphatic rings. The van der Waals surface area contributed by atoms with Crippen molar-refractivity contribution in [1.29, 1.82) is 0 Å². The lowest BCUT2D eigenvalue weighted by Crippen LogP contribution is -2.38. The predicted octanol–water partition coefficient (Wildman–Crippen LogP) is 2.08. The lowest BCUT2D eigenvalue weighted by atomic mass is 9.64. The first kappa shape index (κ1) is 9.30. The molecule has 0 saturated heterocycles. The average Bonchev–Trinajstić information content (AvgIpc) is 2.18. The largest absolute Gasteiger partial charge is 0.395 e. The smallest absolute Gasteiger partial charge is 0.0528 e. The number of aliphatic hydroxyl groups is 1. The number of terminal acetylenes is 1. The van der Waals surface area contributed by atoms with Crippen molar-refractivity contribution in [3.63, 3.8) is 0 Å². The van der Waals surface area contributed by atoms with E-state index in [1.807, 2.05) is 24.3 Å². The maximum atomic E-state index is 9.44. The van der Waals surface area contributed by atoms with Gasteiger partial charge in [0.1, 0.15) is 0 Å². The SMILES string of the molecule is C#Cc1ccccc1C1(CO)CCC1. The van der Waals surface area contributed by atoms with Gasteiger partial charge in [-0.3, -0.25) is 0 Å². The van der Waals surface area contributed by atoms with Crippen LogP contribution in [0.5, 0.6) is 0 Å². The van der Waals surface area contributed by atoms with Crippen LogP contribution in [0.25, 0.3) is 0 Å².